The number of aryl methyl sites for hydroxylation is 1. The van der Waals surface area contributed by atoms with Crippen LogP contribution >= 0.6 is 0 Å². The van der Waals surface area contributed by atoms with Crippen LogP contribution in [-0.2, 0) is 16.1 Å². The van der Waals surface area contributed by atoms with Crippen molar-refractivity contribution in [3.8, 4) is 0 Å². The van der Waals surface area contributed by atoms with Crippen LogP contribution in [-0.4, -0.2) is 34.9 Å². The van der Waals surface area contributed by atoms with Crippen LogP contribution in [0.3, 0.4) is 0 Å². The molecule has 0 radical (unpaired) electrons. The predicted octanol–water partition coefficient (Wildman–Crippen LogP) is -2.68. The van der Waals surface area contributed by atoms with Crippen LogP contribution in [0.4, 0.5) is 5.95 Å². The number of anilines is 1. The maximum absolute atomic E-state index is 12.1. The van der Waals surface area contributed by atoms with Gasteiger partial charge in [-0.15, -0.1) is 0 Å². The molecule has 3 rings (SSSR count). The standard InChI is InChI=1S/C17H24N4O3.Na/c1-12-8-13(20-16(19-12)21-6-2-3-7-21)11-18-14(22)9-17(4-5-17)10-15(23)24;/h8H,2-7,9-11H2,1H3,(H,18,22)(H,23,24);/q;+1/p-1. The number of hydrogen-bond acceptors (Lipinski definition) is 6. The van der Waals surface area contributed by atoms with Gasteiger partial charge < -0.3 is 20.1 Å². The average Bonchev–Trinajstić information content (AvgIpc) is 3.03. The van der Waals surface area contributed by atoms with Crippen molar-refractivity contribution in [1.82, 2.24) is 15.3 Å². The molecule has 1 aliphatic heterocycles. The summed E-state index contributed by atoms with van der Waals surface area (Å²) in [5.41, 5.74) is 1.28. The summed E-state index contributed by atoms with van der Waals surface area (Å²) in [6.45, 7) is 4.21. The number of hydrogen-bond donors (Lipinski definition) is 1. The number of carbonyl (C=O) groups excluding carboxylic acids is 2. The molecule has 1 N–H and O–H groups in total. The Morgan fingerprint density at radius 3 is 2.52 bits per heavy atom. The van der Waals surface area contributed by atoms with E-state index in [4.69, 9.17) is 0 Å². The third-order valence-electron chi connectivity index (χ3n) is 4.76. The molecule has 8 heteroatoms. The van der Waals surface area contributed by atoms with E-state index in [9.17, 15) is 14.7 Å². The van der Waals surface area contributed by atoms with Crippen molar-refractivity contribution >= 4 is 17.8 Å². The Labute approximate surface area is 169 Å². The number of aliphatic carboxylic acids is 1. The van der Waals surface area contributed by atoms with Gasteiger partial charge in [-0.1, -0.05) is 0 Å². The van der Waals surface area contributed by atoms with Crippen molar-refractivity contribution < 1.29 is 44.3 Å². The first-order chi connectivity index (χ1) is 11.5. The number of carboxylic acids is 1. The molecule has 25 heavy (non-hydrogen) atoms. The second-order valence-electron chi connectivity index (χ2n) is 7.00. The van der Waals surface area contributed by atoms with Gasteiger partial charge in [0.1, 0.15) is 0 Å². The molecule has 0 aromatic carbocycles. The van der Waals surface area contributed by atoms with Crippen LogP contribution in [0, 0.1) is 12.3 Å². The minimum Gasteiger partial charge on any atom is -0.550 e. The van der Waals surface area contributed by atoms with Crippen LogP contribution in [0.2, 0.25) is 0 Å². The molecule has 1 saturated carbocycles. The first-order valence-electron chi connectivity index (χ1n) is 8.52. The fourth-order valence-corrected chi connectivity index (χ4v) is 3.26. The Morgan fingerprint density at radius 1 is 1.24 bits per heavy atom. The predicted molar refractivity (Wildman–Crippen MR) is 86.0 cm³/mol. The number of carbonyl (C=O) groups is 2. The van der Waals surface area contributed by atoms with Gasteiger partial charge in [-0.25, -0.2) is 9.97 Å². The number of nitrogens with zero attached hydrogens (tertiary/aromatic N) is 3. The number of carboxylic acid groups (broad SMARTS) is 1. The Bertz CT molecular complexity index is 643. The molecule has 130 valence electrons. The quantitative estimate of drug-likeness (QED) is 0.536. The monoisotopic (exact) mass is 354 g/mol. The Balaban J connectivity index is 0.00000225. The summed E-state index contributed by atoms with van der Waals surface area (Å²) < 4.78 is 0. The molecule has 0 unspecified atom stereocenters. The molecule has 0 bridgehead atoms. The minimum absolute atomic E-state index is 0. The van der Waals surface area contributed by atoms with E-state index in [-0.39, 0.29) is 53.7 Å². The Morgan fingerprint density at radius 2 is 1.92 bits per heavy atom. The second kappa shape index (κ2) is 8.47. The first-order valence-corrected chi connectivity index (χ1v) is 8.52. The van der Waals surface area contributed by atoms with Gasteiger partial charge in [-0.05, 0) is 50.5 Å². The fourth-order valence-electron chi connectivity index (χ4n) is 3.26. The molecule has 0 spiro atoms. The molecule has 1 aliphatic carbocycles. The first kappa shape index (κ1) is 20.1. The van der Waals surface area contributed by atoms with E-state index in [0.717, 1.165) is 56.1 Å². The van der Waals surface area contributed by atoms with Gasteiger partial charge >= 0.3 is 29.6 Å². The molecule has 1 aromatic rings. The van der Waals surface area contributed by atoms with Crippen molar-refractivity contribution in [3.63, 3.8) is 0 Å². The summed E-state index contributed by atoms with van der Waals surface area (Å²) in [5.74, 6) is -0.484. The molecule has 2 aliphatic rings. The third-order valence-corrected chi connectivity index (χ3v) is 4.76. The number of aromatic nitrogens is 2. The van der Waals surface area contributed by atoms with E-state index in [2.05, 4.69) is 20.2 Å². The Kier molecular flexibility index (Phi) is 6.82. The van der Waals surface area contributed by atoms with Crippen LogP contribution in [0.1, 0.15) is 49.9 Å². The van der Waals surface area contributed by atoms with E-state index in [1.807, 2.05) is 13.0 Å². The summed E-state index contributed by atoms with van der Waals surface area (Å²) >= 11 is 0. The molecule has 2 heterocycles. The topological polar surface area (TPSA) is 98.2 Å². The number of nitrogens with one attached hydrogen (secondary N) is 1. The van der Waals surface area contributed by atoms with Gasteiger partial charge in [-0.2, -0.15) is 0 Å². The maximum Gasteiger partial charge on any atom is 1.00 e. The van der Waals surface area contributed by atoms with Crippen LogP contribution < -0.4 is 44.9 Å². The smallest absolute Gasteiger partial charge is 0.550 e. The Hall–Kier alpha value is -1.18. The summed E-state index contributed by atoms with van der Waals surface area (Å²) in [4.78, 5) is 34.0. The summed E-state index contributed by atoms with van der Waals surface area (Å²) in [6, 6.07) is 1.87. The molecular weight excluding hydrogens is 331 g/mol. The molecule has 0 atom stereocenters. The molecular formula is C17H23N4NaO3. The van der Waals surface area contributed by atoms with Gasteiger partial charge in [0.15, 0.2) is 0 Å². The molecule has 1 saturated heterocycles. The zero-order valence-corrected chi connectivity index (χ0v) is 17.0. The van der Waals surface area contributed by atoms with Crippen molar-refractivity contribution in [1.29, 1.82) is 0 Å². The van der Waals surface area contributed by atoms with Gasteiger partial charge in [0.05, 0.1) is 12.2 Å². The number of amides is 1. The van der Waals surface area contributed by atoms with Gasteiger partial charge in [0.25, 0.3) is 0 Å². The molecule has 7 nitrogen and oxygen atoms in total. The third kappa shape index (κ3) is 5.66. The largest absolute Gasteiger partial charge is 1.00 e. The summed E-state index contributed by atoms with van der Waals surface area (Å²) in [7, 11) is 0. The fraction of sp³-hybridized carbons (Fsp3) is 0.647. The average molecular weight is 354 g/mol. The zero-order chi connectivity index (χ0) is 17.2. The summed E-state index contributed by atoms with van der Waals surface area (Å²) in [5, 5.41) is 13.6. The van der Waals surface area contributed by atoms with E-state index in [0.29, 0.717) is 6.54 Å². The van der Waals surface area contributed by atoms with Crippen molar-refractivity contribution in [2.75, 3.05) is 18.0 Å². The maximum atomic E-state index is 12.1. The van der Waals surface area contributed by atoms with E-state index in [1.165, 1.54) is 0 Å². The summed E-state index contributed by atoms with van der Waals surface area (Å²) in [6.07, 6.45) is 4.07. The van der Waals surface area contributed by atoms with E-state index < -0.39 is 5.97 Å². The van der Waals surface area contributed by atoms with Crippen LogP contribution in [0.5, 0.6) is 0 Å². The van der Waals surface area contributed by atoms with Gasteiger partial charge in [0.2, 0.25) is 11.9 Å². The normalized spacial score (nSPS) is 17.7. The van der Waals surface area contributed by atoms with Crippen LogP contribution in [0.15, 0.2) is 6.07 Å². The molecule has 1 aromatic heterocycles. The van der Waals surface area contributed by atoms with Gasteiger partial charge in [0, 0.05) is 31.2 Å². The van der Waals surface area contributed by atoms with Crippen molar-refractivity contribution in [3.05, 3.63) is 17.5 Å². The zero-order valence-electron chi connectivity index (χ0n) is 15.0. The SMILES string of the molecule is Cc1cc(CNC(=O)CC2(CC(=O)[O-])CC2)nc(N2CCCC2)n1.[Na+]. The van der Waals surface area contributed by atoms with Crippen molar-refractivity contribution in [2.24, 2.45) is 5.41 Å². The van der Waals surface area contributed by atoms with Crippen molar-refractivity contribution in [2.45, 2.75) is 52.0 Å². The molecule has 2 fully saturated rings. The van der Waals surface area contributed by atoms with Crippen LogP contribution in [0.25, 0.3) is 0 Å². The minimum atomic E-state index is -1.08. The van der Waals surface area contributed by atoms with E-state index >= 15 is 0 Å². The number of rotatable bonds is 7. The molecule has 1 amide bonds. The second-order valence-corrected chi connectivity index (χ2v) is 7.00. The van der Waals surface area contributed by atoms with E-state index in [1.54, 1.807) is 0 Å². The van der Waals surface area contributed by atoms with Gasteiger partial charge in [-0.3, -0.25) is 4.79 Å².